The summed E-state index contributed by atoms with van der Waals surface area (Å²) in [5, 5.41) is 3.12. The Morgan fingerprint density at radius 2 is 1.94 bits per heavy atom. The summed E-state index contributed by atoms with van der Waals surface area (Å²) in [6, 6.07) is 0. The van der Waals surface area contributed by atoms with Crippen molar-refractivity contribution in [3.05, 3.63) is 0 Å². The third-order valence-electron chi connectivity index (χ3n) is 5.57. The van der Waals surface area contributed by atoms with Crippen molar-refractivity contribution in [2.75, 3.05) is 13.2 Å². The molecule has 4 aliphatic rings. The highest BCUT2D eigenvalue weighted by Crippen LogP contribution is 2.69. The van der Waals surface area contributed by atoms with E-state index >= 15 is 0 Å². The number of hydrogen-bond acceptors (Lipinski definition) is 2. The molecular formula is C14H21NO2. The van der Waals surface area contributed by atoms with Gasteiger partial charge in [-0.3, -0.25) is 4.79 Å². The van der Waals surface area contributed by atoms with Crippen LogP contribution >= 0.6 is 0 Å². The molecule has 6 atom stereocenters. The SMILES string of the molecule is O=C(NC[C@H]1CCCO1)C1[C@@H]2[C@H]3CC[C@@H](C3)[C@H]12. The highest BCUT2D eigenvalue weighted by Gasteiger charge is 2.67. The Morgan fingerprint density at radius 1 is 1.18 bits per heavy atom. The molecule has 4 rings (SSSR count). The molecule has 3 heteroatoms. The molecule has 1 heterocycles. The van der Waals surface area contributed by atoms with Crippen LogP contribution in [0, 0.1) is 29.6 Å². The van der Waals surface area contributed by atoms with Crippen molar-refractivity contribution in [1.82, 2.24) is 5.32 Å². The number of carbonyl (C=O) groups is 1. The van der Waals surface area contributed by atoms with Crippen molar-refractivity contribution in [2.24, 2.45) is 29.6 Å². The molecule has 94 valence electrons. The van der Waals surface area contributed by atoms with Crippen LogP contribution in [-0.2, 0) is 9.53 Å². The summed E-state index contributed by atoms with van der Waals surface area (Å²) in [7, 11) is 0. The minimum absolute atomic E-state index is 0.286. The fourth-order valence-corrected chi connectivity index (χ4v) is 4.81. The van der Waals surface area contributed by atoms with E-state index in [-0.39, 0.29) is 6.10 Å². The van der Waals surface area contributed by atoms with Crippen molar-refractivity contribution in [2.45, 2.75) is 38.2 Å². The normalized spacial score (nSPS) is 50.4. The van der Waals surface area contributed by atoms with Crippen LogP contribution in [0.4, 0.5) is 0 Å². The van der Waals surface area contributed by atoms with E-state index in [4.69, 9.17) is 4.74 Å². The van der Waals surface area contributed by atoms with Crippen molar-refractivity contribution in [3.63, 3.8) is 0 Å². The number of ether oxygens (including phenoxy) is 1. The van der Waals surface area contributed by atoms with Crippen LogP contribution in [0.25, 0.3) is 0 Å². The van der Waals surface area contributed by atoms with Crippen LogP contribution in [0.3, 0.4) is 0 Å². The molecule has 0 aromatic heterocycles. The molecule has 1 unspecified atom stereocenters. The van der Waals surface area contributed by atoms with Crippen LogP contribution in [0.2, 0.25) is 0 Å². The molecule has 1 saturated heterocycles. The van der Waals surface area contributed by atoms with Crippen molar-refractivity contribution in [3.8, 4) is 0 Å². The first-order valence-electron chi connectivity index (χ1n) is 7.24. The predicted molar refractivity (Wildman–Crippen MR) is 63.3 cm³/mol. The number of hydrogen-bond donors (Lipinski definition) is 1. The summed E-state index contributed by atoms with van der Waals surface area (Å²) in [6.07, 6.45) is 6.75. The van der Waals surface area contributed by atoms with Gasteiger partial charge in [-0.05, 0) is 55.8 Å². The lowest BCUT2D eigenvalue weighted by atomic mass is 10.0. The Labute approximate surface area is 102 Å². The Balaban J connectivity index is 1.30. The van der Waals surface area contributed by atoms with Gasteiger partial charge >= 0.3 is 0 Å². The van der Waals surface area contributed by atoms with E-state index in [1.165, 1.54) is 19.3 Å². The minimum atomic E-state index is 0.286. The van der Waals surface area contributed by atoms with Gasteiger partial charge in [-0.2, -0.15) is 0 Å². The molecule has 0 spiro atoms. The van der Waals surface area contributed by atoms with Gasteiger partial charge in [0, 0.05) is 19.1 Å². The van der Waals surface area contributed by atoms with Crippen molar-refractivity contribution in [1.29, 1.82) is 0 Å². The van der Waals surface area contributed by atoms with Crippen LogP contribution in [0.1, 0.15) is 32.1 Å². The number of nitrogens with one attached hydrogen (secondary N) is 1. The highest BCUT2D eigenvalue weighted by molar-refractivity contribution is 5.82. The number of carbonyl (C=O) groups excluding carboxylic acids is 1. The van der Waals surface area contributed by atoms with E-state index in [1.807, 2.05) is 0 Å². The van der Waals surface area contributed by atoms with Crippen LogP contribution in [0.15, 0.2) is 0 Å². The Morgan fingerprint density at radius 3 is 2.59 bits per heavy atom. The van der Waals surface area contributed by atoms with Crippen molar-refractivity contribution >= 4 is 5.91 Å². The summed E-state index contributed by atoms with van der Waals surface area (Å²) in [4.78, 5) is 12.1. The monoisotopic (exact) mass is 235 g/mol. The topological polar surface area (TPSA) is 38.3 Å². The Bertz CT molecular complexity index is 321. The second-order valence-corrected chi connectivity index (χ2v) is 6.39. The first-order valence-corrected chi connectivity index (χ1v) is 7.24. The third-order valence-corrected chi connectivity index (χ3v) is 5.57. The molecule has 1 N–H and O–H groups in total. The van der Waals surface area contributed by atoms with Gasteiger partial charge in [0.05, 0.1) is 6.10 Å². The average Bonchev–Trinajstić information content (AvgIpc) is 2.80. The first-order chi connectivity index (χ1) is 8.34. The van der Waals surface area contributed by atoms with Gasteiger partial charge < -0.3 is 10.1 Å². The smallest absolute Gasteiger partial charge is 0.223 e. The zero-order valence-electron chi connectivity index (χ0n) is 10.2. The molecule has 0 radical (unpaired) electrons. The Hall–Kier alpha value is -0.570. The fourth-order valence-electron chi connectivity index (χ4n) is 4.81. The maximum Gasteiger partial charge on any atom is 0.223 e. The molecule has 2 bridgehead atoms. The highest BCUT2D eigenvalue weighted by atomic mass is 16.5. The molecular weight excluding hydrogens is 214 g/mol. The molecule has 4 fully saturated rings. The van der Waals surface area contributed by atoms with Gasteiger partial charge in [-0.15, -0.1) is 0 Å². The molecule has 0 aromatic rings. The average molecular weight is 235 g/mol. The maximum atomic E-state index is 12.1. The van der Waals surface area contributed by atoms with E-state index < -0.39 is 0 Å². The minimum Gasteiger partial charge on any atom is -0.376 e. The molecule has 0 aromatic carbocycles. The second kappa shape index (κ2) is 3.71. The van der Waals surface area contributed by atoms with E-state index in [1.54, 1.807) is 0 Å². The molecule has 17 heavy (non-hydrogen) atoms. The van der Waals surface area contributed by atoms with E-state index in [2.05, 4.69) is 5.32 Å². The van der Waals surface area contributed by atoms with Gasteiger partial charge in [0.1, 0.15) is 0 Å². The quantitative estimate of drug-likeness (QED) is 0.806. The summed E-state index contributed by atoms with van der Waals surface area (Å²) >= 11 is 0. The van der Waals surface area contributed by atoms with E-state index in [0.29, 0.717) is 11.8 Å². The molecule has 1 aliphatic heterocycles. The van der Waals surface area contributed by atoms with Gasteiger partial charge in [0.2, 0.25) is 5.91 Å². The van der Waals surface area contributed by atoms with Gasteiger partial charge in [-0.25, -0.2) is 0 Å². The Kier molecular flexibility index (Phi) is 2.26. The van der Waals surface area contributed by atoms with Crippen LogP contribution in [-0.4, -0.2) is 25.2 Å². The zero-order valence-corrected chi connectivity index (χ0v) is 10.2. The summed E-state index contributed by atoms with van der Waals surface area (Å²) in [6.45, 7) is 1.61. The van der Waals surface area contributed by atoms with Gasteiger partial charge in [0.25, 0.3) is 0 Å². The molecule has 3 saturated carbocycles. The van der Waals surface area contributed by atoms with Gasteiger partial charge in [0.15, 0.2) is 0 Å². The summed E-state index contributed by atoms with van der Waals surface area (Å²) < 4.78 is 5.54. The lowest BCUT2D eigenvalue weighted by molar-refractivity contribution is -0.123. The van der Waals surface area contributed by atoms with Crippen LogP contribution < -0.4 is 5.32 Å². The van der Waals surface area contributed by atoms with Gasteiger partial charge in [-0.1, -0.05) is 0 Å². The summed E-state index contributed by atoms with van der Waals surface area (Å²) in [5.41, 5.74) is 0. The van der Waals surface area contributed by atoms with E-state index in [9.17, 15) is 4.79 Å². The number of fused-ring (bicyclic) bond motifs is 5. The lowest BCUT2D eigenvalue weighted by Gasteiger charge is -2.12. The maximum absolute atomic E-state index is 12.1. The zero-order chi connectivity index (χ0) is 11.4. The number of rotatable bonds is 3. The predicted octanol–water partition coefficient (Wildman–Crippen LogP) is 1.57. The fraction of sp³-hybridized carbons (Fsp3) is 0.929. The molecule has 1 amide bonds. The van der Waals surface area contributed by atoms with E-state index in [0.717, 1.165) is 49.7 Å². The van der Waals surface area contributed by atoms with Crippen LogP contribution in [0.5, 0.6) is 0 Å². The largest absolute Gasteiger partial charge is 0.376 e. The third kappa shape index (κ3) is 1.55. The lowest BCUT2D eigenvalue weighted by Crippen LogP contribution is -2.34. The van der Waals surface area contributed by atoms with Crippen molar-refractivity contribution < 1.29 is 9.53 Å². The molecule has 3 nitrogen and oxygen atoms in total. The number of amides is 1. The second-order valence-electron chi connectivity index (χ2n) is 6.39. The summed E-state index contributed by atoms with van der Waals surface area (Å²) in [5.74, 6) is 4.01. The standard InChI is InChI=1S/C14H21NO2/c16-14(15-7-10-2-1-5-17-10)13-11-8-3-4-9(6-8)12(11)13/h8-13H,1-7H2,(H,15,16)/t8-,9-,10+,11-,12+,13?/m0/s1. The molecule has 3 aliphatic carbocycles. The first kappa shape index (κ1) is 10.4.